The lowest BCUT2D eigenvalue weighted by atomic mass is 9.98. The van der Waals surface area contributed by atoms with Crippen molar-refractivity contribution in [1.82, 2.24) is 0 Å². The highest BCUT2D eigenvalue weighted by atomic mass is 16.5. The molecule has 3 aromatic carbocycles. The van der Waals surface area contributed by atoms with Gasteiger partial charge in [0, 0.05) is 0 Å². The highest BCUT2D eigenvalue weighted by Gasteiger charge is 2.06. The smallest absolute Gasteiger partial charge is 0.122 e. The van der Waals surface area contributed by atoms with Crippen molar-refractivity contribution in [2.45, 2.75) is 52.4 Å². The highest BCUT2D eigenvalue weighted by Crippen LogP contribution is 2.25. The molecule has 3 aromatic rings. The van der Waals surface area contributed by atoms with Crippen molar-refractivity contribution in [3.8, 4) is 5.75 Å². The van der Waals surface area contributed by atoms with Crippen LogP contribution in [0.1, 0.15) is 58.2 Å². The van der Waals surface area contributed by atoms with Gasteiger partial charge in [-0.15, -0.1) is 0 Å². The first-order valence-electron chi connectivity index (χ1n) is 11.7. The quantitative estimate of drug-likeness (QED) is 0.266. The zero-order chi connectivity index (χ0) is 22.8. The van der Waals surface area contributed by atoms with Gasteiger partial charge in [-0.1, -0.05) is 79.9 Å². The van der Waals surface area contributed by atoms with Crippen molar-refractivity contribution in [2.75, 3.05) is 6.61 Å². The Morgan fingerprint density at radius 3 is 1.75 bits per heavy atom. The number of ether oxygens (including phenoxy) is 1. The van der Waals surface area contributed by atoms with E-state index >= 15 is 0 Å². The molecule has 3 rings (SSSR count). The fourth-order valence-corrected chi connectivity index (χ4v) is 4.02. The van der Waals surface area contributed by atoms with E-state index in [2.05, 4.69) is 87.7 Å². The lowest BCUT2D eigenvalue weighted by molar-refractivity contribution is 0.308. The second-order valence-electron chi connectivity index (χ2n) is 8.59. The van der Waals surface area contributed by atoms with Gasteiger partial charge in [-0.05, 0) is 97.4 Å². The van der Waals surface area contributed by atoms with Crippen LogP contribution in [0.25, 0.3) is 12.2 Å². The molecule has 1 heteroatoms. The molecule has 0 aliphatic rings. The molecule has 0 aliphatic heterocycles. The van der Waals surface area contributed by atoms with Gasteiger partial charge >= 0.3 is 0 Å². The van der Waals surface area contributed by atoms with Gasteiger partial charge in [0.15, 0.2) is 0 Å². The molecule has 166 valence electrons. The molecule has 0 saturated heterocycles. The predicted octanol–water partition coefficient (Wildman–Crippen LogP) is 8.17. The summed E-state index contributed by atoms with van der Waals surface area (Å²) in [6.07, 6.45) is 10.5. The number of aryl methyl sites for hydroxylation is 5. The Labute approximate surface area is 194 Å². The zero-order valence-corrected chi connectivity index (χ0v) is 19.7. The topological polar surface area (TPSA) is 9.23 Å². The predicted molar refractivity (Wildman–Crippen MR) is 139 cm³/mol. The standard InChI is InChI=1S/C31H36O/c1-5-26-13-17-28(18-14-26)10-7-8-12-30-22-25(4)31(23-24(30)3)32-21-9-11-29-19-15-27(6-2)16-20-29/h5-6,13-20,22-23H,1-2,7-12,21H2,3-4H3. The summed E-state index contributed by atoms with van der Waals surface area (Å²) in [5, 5.41) is 0. The minimum Gasteiger partial charge on any atom is -0.493 e. The van der Waals surface area contributed by atoms with Gasteiger partial charge in [0.1, 0.15) is 5.75 Å². The van der Waals surface area contributed by atoms with Gasteiger partial charge in [0.05, 0.1) is 6.61 Å². The molecule has 0 amide bonds. The Hall–Kier alpha value is -3.06. The zero-order valence-electron chi connectivity index (χ0n) is 19.7. The number of hydrogen-bond acceptors (Lipinski definition) is 1. The maximum Gasteiger partial charge on any atom is 0.122 e. The fourth-order valence-electron chi connectivity index (χ4n) is 4.02. The normalized spacial score (nSPS) is 10.7. The summed E-state index contributed by atoms with van der Waals surface area (Å²) >= 11 is 0. The first kappa shape index (κ1) is 23.6. The van der Waals surface area contributed by atoms with Gasteiger partial charge in [-0.3, -0.25) is 0 Å². The second kappa shape index (κ2) is 12.1. The number of rotatable bonds is 12. The Morgan fingerprint density at radius 2 is 1.19 bits per heavy atom. The van der Waals surface area contributed by atoms with Gasteiger partial charge in [0.2, 0.25) is 0 Å². The molecular formula is C31H36O. The first-order valence-corrected chi connectivity index (χ1v) is 11.7. The van der Waals surface area contributed by atoms with E-state index in [4.69, 9.17) is 4.74 Å². The molecule has 0 heterocycles. The third kappa shape index (κ3) is 6.99. The summed E-state index contributed by atoms with van der Waals surface area (Å²) in [5.74, 6) is 1.02. The van der Waals surface area contributed by atoms with Crippen molar-refractivity contribution in [3.63, 3.8) is 0 Å². The second-order valence-corrected chi connectivity index (χ2v) is 8.59. The summed E-state index contributed by atoms with van der Waals surface area (Å²) in [4.78, 5) is 0. The van der Waals surface area contributed by atoms with Gasteiger partial charge in [-0.2, -0.15) is 0 Å². The highest BCUT2D eigenvalue weighted by molar-refractivity contribution is 5.48. The van der Waals surface area contributed by atoms with E-state index < -0.39 is 0 Å². The molecule has 0 atom stereocenters. The molecule has 0 fully saturated rings. The summed E-state index contributed by atoms with van der Waals surface area (Å²) in [5.41, 5.74) is 9.12. The molecule has 0 aromatic heterocycles. The van der Waals surface area contributed by atoms with Crippen LogP contribution >= 0.6 is 0 Å². The maximum atomic E-state index is 6.12. The number of hydrogen-bond donors (Lipinski definition) is 0. The minimum absolute atomic E-state index is 0.744. The average Bonchev–Trinajstić information content (AvgIpc) is 2.82. The lowest BCUT2D eigenvalue weighted by Crippen LogP contribution is -2.02. The Balaban J connectivity index is 1.43. The largest absolute Gasteiger partial charge is 0.493 e. The Bertz CT molecular complexity index is 924. The van der Waals surface area contributed by atoms with E-state index in [0.717, 1.165) is 38.0 Å². The molecule has 0 N–H and O–H groups in total. The van der Waals surface area contributed by atoms with Crippen LogP contribution in [0.15, 0.2) is 73.8 Å². The number of benzene rings is 3. The number of unbranched alkanes of at least 4 members (excludes halogenated alkanes) is 1. The maximum absolute atomic E-state index is 6.12. The van der Waals surface area contributed by atoms with Gasteiger partial charge < -0.3 is 4.74 Å². The van der Waals surface area contributed by atoms with Gasteiger partial charge in [-0.25, -0.2) is 0 Å². The van der Waals surface area contributed by atoms with Crippen LogP contribution in [0, 0.1) is 13.8 Å². The summed E-state index contributed by atoms with van der Waals surface area (Å²) < 4.78 is 6.12. The third-order valence-electron chi connectivity index (χ3n) is 6.09. The molecule has 0 aliphatic carbocycles. The van der Waals surface area contributed by atoms with Crippen molar-refractivity contribution >= 4 is 12.2 Å². The van der Waals surface area contributed by atoms with E-state index in [1.54, 1.807) is 0 Å². The molecule has 0 spiro atoms. The van der Waals surface area contributed by atoms with Crippen molar-refractivity contribution in [1.29, 1.82) is 0 Å². The van der Waals surface area contributed by atoms with Crippen LogP contribution in [0.2, 0.25) is 0 Å². The fraction of sp³-hybridized carbons (Fsp3) is 0.290. The molecule has 32 heavy (non-hydrogen) atoms. The van der Waals surface area contributed by atoms with E-state index in [1.165, 1.54) is 51.8 Å². The summed E-state index contributed by atoms with van der Waals surface area (Å²) in [6.45, 7) is 12.7. The molecule has 0 bridgehead atoms. The molecular weight excluding hydrogens is 388 g/mol. The van der Waals surface area contributed by atoms with Crippen LogP contribution in [0.4, 0.5) is 0 Å². The Morgan fingerprint density at radius 1 is 0.656 bits per heavy atom. The lowest BCUT2D eigenvalue weighted by Gasteiger charge is -2.14. The molecule has 1 nitrogen and oxygen atoms in total. The van der Waals surface area contributed by atoms with Crippen LogP contribution in [-0.4, -0.2) is 6.61 Å². The van der Waals surface area contributed by atoms with E-state index in [9.17, 15) is 0 Å². The van der Waals surface area contributed by atoms with Crippen LogP contribution in [-0.2, 0) is 19.3 Å². The third-order valence-corrected chi connectivity index (χ3v) is 6.09. The van der Waals surface area contributed by atoms with Crippen LogP contribution in [0.5, 0.6) is 5.75 Å². The van der Waals surface area contributed by atoms with E-state index in [-0.39, 0.29) is 0 Å². The molecule has 0 radical (unpaired) electrons. The molecule has 0 unspecified atom stereocenters. The van der Waals surface area contributed by atoms with Crippen LogP contribution in [0.3, 0.4) is 0 Å². The van der Waals surface area contributed by atoms with Crippen molar-refractivity contribution in [3.05, 3.63) is 113 Å². The SMILES string of the molecule is C=Cc1ccc(CCCCc2cc(C)c(OCCCc3ccc(C=C)cc3)cc2C)cc1. The van der Waals surface area contributed by atoms with E-state index in [1.807, 2.05) is 12.2 Å². The monoisotopic (exact) mass is 424 g/mol. The summed E-state index contributed by atoms with van der Waals surface area (Å²) in [6, 6.07) is 21.9. The average molecular weight is 425 g/mol. The van der Waals surface area contributed by atoms with Crippen molar-refractivity contribution in [2.24, 2.45) is 0 Å². The summed E-state index contributed by atoms with van der Waals surface area (Å²) in [7, 11) is 0. The minimum atomic E-state index is 0.744. The first-order chi connectivity index (χ1) is 15.6. The van der Waals surface area contributed by atoms with Crippen LogP contribution < -0.4 is 4.74 Å². The molecule has 0 saturated carbocycles. The van der Waals surface area contributed by atoms with Crippen molar-refractivity contribution < 1.29 is 4.74 Å². The van der Waals surface area contributed by atoms with E-state index in [0.29, 0.717) is 0 Å². The Kier molecular flexibility index (Phi) is 8.92. The van der Waals surface area contributed by atoms with Gasteiger partial charge in [0.25, 0.3) is 0 Å².